The molecular weight excluding hydrogens is 268 g/mol. The minimum absolute atomic E-state index is 0.183. The van der Waals surface area contributed by atoms with Gasteiger partial charge in [0.15, 0.2) is 11.5 Å². The van der Waals surface area contributed by atoms with Gasteiger partial charge in [0.2, 0.25) is 0 Å². The van der Waals surface area contributed by atoms with E-state index in [1.807, 2.05) is 19.1 Å². The van der Waals surface area contributed by atoms with Crippen LogP contribution in [0.2, 0.25) is 0 Å². The molecule has 0 saturated heterocycles. The molecule has 1 spiro atoms. The summed E-state index contributed by atoms with van der Waals surface area (Å²) >= 11 is 0. The second kappa shape index (κ2) is 4.15. The molecule has 4 rings (SSSR count). The number of fused-ring (bicyclic) bond motifs is 1. The van der Waals surface area contributed by atoms with Crippen molar-refractivity contribution < 1.29 is 19.4 Å². The summed E-state index contributed by atoms with van der Waals surface area (Å²) < 4.78 is 11.9. The molecule has 1 aromatic carbocycles. The zero-order valence-electron chi connectivity index (χ0n) is 12.3. The molecule has 0 bridgehead atoms. The fourth-order valence-corrected chi connectivity index (χ4v) is 3.41. The number of ether oxygens (including phenoxy) is 2. The van der Waals surface area contributed by atoms with Crippen LogP contribution >= 0.6 is 0 Å². The van der Waals surface area contributed by atoms with E-state index in [-0.39, 0.29) is 17.3 Å². The highest BCUT2D eigenvalue weighted by molar-refractivity contribution is 5.70. The molecule has 4 heteroatoms. The molecule has 0 aromatic heterocycles. The molecule has 0 unspecified atom stereocenters. The van der Waals surface area contributed by atoms with Gasteiger partial charge < -0.3 is 14.6 Å². The molecule has 2 fully saturated rings. The van der Waals surface area contributed by atoms with Crippen molar-refractivity contribution in [2.24, 2.45) is 5.41 Å². The first-order valence-electron chi connectivity index (χ1n) is 7.65. The summed E-state index contributed by atoms with van der Waals surface area (Å²) in [5.41, 5.74) is 2.28. The lowest BCUT2D eigenvalue weighted by Crippen LogP contribution is -2.17. The van der Waals surface area contributed by atoms with E-state index >= 15 is 0 Å². The van der Waals surface area contributed by atoms with E-state index in [1.54, 1.807) is 0 Å². The minimum Gasteiger partial charge on any atom is -0.489 e. The van der Waals surface area contributed by atoms with Gasteiger partial charge >= 0.3 is 5.97 Å². The molecular formula is C17H20O4. The highest BCUT2D eigenvalue weighted by Gasteiger charge is 2.49. The van der Waals surface area contributed by atoms with E-state index in [0.29, 0.717) is 6.61 Å². The Balaban J connectivity index is 1.68. The second-order valence-corrected chi connectivity index (χ2v) is 7.04. The number of carboxylic acid groups (broad SMARTS) is 1. The normalized spacial score (nSPS) is 23.5. The van der Waals surface area contributed by atoms with Crippen molar-refractivity contribution in [3.63, 3.8) is 0 Å². The Morgan fingerprint density at radius 2 is 1.76 bits per heavy atom. The standard InChI is InChI=1S/C17H20O4/c1-11-6-13-14(21-10-16(2-3-16)9-20-13)7-12(11)17(4-5-17)8-15(18)19/h6-7H,2-5,8-10H2,1H3,(H,18,19). The first-order valence-corrected chi connectivity index (χ1v) is 7.65. The highest BCUT2D eigenvalue weighted by Crippen LogP contribution is 2.55. The van der Waals surface area contributed by atoms with Gasteiger partial charge in [0.25, 0.3) is 0 Å². The number of hydrogen-bond donors (Lipinski definition) is 1. The third kappa shape index (κ3) is 2.17. The van der Waals surface area contributed by atoms with Crippen LogP contribution in [0, 0.1) is 12.3 Å². The monoisotopic (exact) mass is 288 g/mol. The zero-order chi connectivity index (χ0) is 14.7. The van der Waals surface area contributed by atoms with E-state index in [4.69, 9.17) is 14.6 Å². The number of aliphatic carboxylic acids is 1. The third-order valence-corrected chi connectivity index (χ3v) is 5.23. The molecule has 2 aliphatic carbocycles. The molecule has 21 heavy (non-hydrogen) atoms. The number of carbonyl (C=O) groups is 1. The van der Waals surface area contributed by atoms with Crippen LogP contribution in [0.1, 0.15) is 43.2 Å². The smallest absolute Gasteiger partial charge is 0.304 e. The number of benzene rings is 1. The third-order valence-electron chi connectivity index (χ3n) is 5.23. The maximum absolute atomic E-state index is 11.1. The van der Waals surface area contributed by atoms with Crippen molar-refractivity contribution in [2.75, 3.05) is 13.2 Å². The number of hydrogen-bond acceptors (Lipinski definition) is 3. The summed E-state index contributed by atoms with van der Waals surface area (Å²) in [6.45, 7) is 3.49. The molecule has 112 valence electrons. The van der Waals surface area contributed by atoms with E-state index in [0.717, 1.165) is 42.1 Å². The lowest BCUT2D eigenvalue weighted by atomic mass is 9.88. The summed E-state index contributed by atoms with van der Waals surface area (Å²) in [5.74, 6) is 0.873. The van der Waals surface area contributed by atoms with E-state index in [2.05, 4.69) is 0 Å². The Bertz CT molecular complexity index is 611. The van der Waals surface area contributed by atoms with Gasteiger partial charge in [0, 0.05) is 10.8 Å². The lowest BCUT2D eigenvalue weighted by molar-refractivity contribution is -0.137. The first kappa shape index (κ1) is 13.0. The molecule has 1 aromatic rings. The zero-order valence-corrected chi connectivity index (χ0v) is 12.3. The SMILES string of the molecule is Cc1cc2c(cc1C1(CC(=O)O)CC1)OCC1(CC1)CO2. The first-order chi connectivity index (χ1) is 10.0. The van der Waals surface area contributed by atoms with Gasteiger partial charge in [0.1, 0.15) is 0 Å². The maximum Gasteiger partial charge on any atom is 0.304 e. The Hall–Kier alpha value is -1.71. The number of rotatable bonds is 3. The van der Waals surface area contributed by atoms with Crippen molar-refractivity contribution in [1.82, 2.24) is 0 Å². The van der Waals surface area contributed by atoms with Crippen LogP contribution in [-0.4, -0.2) is 24.3 Å². The average Bonchev–Trinajstić information content (AvgIpc) is 3.31. The van der Waals surface area contributed by atoms with Crippen LogP contribution < -0.4 is 9.47 Å². The van der Waals surface area contributed by atoms with Gasteiger partial charge in [-0.25, -0.2) is 0 Å². The summed E-state index contributed by atoms with van der Waals surface area (Å²) in [5, 5.41) is 9.15. The number of aryl methyl sites for hydroxylation is 1. The van der Waals surface area contributed by atoms with Gasteiger partial charge in [-0.2, -0.15) is 0 Å². The minimum atomic E-state index is -0.726. The fourth-order valence-electron chi connectivity index (χ4n) is 3.41. The van der Waals surface area contributed by atoms with E-state index in [1.165, 1.54) is 12.8 Å². The Morgan fingerprint density at radius 1 is 1.14 bits per heavy atom. The lowest BCUT2D eigenvalue weighted by Gasteiger charge is -2.19. The molecule has 1 aliphatic heterocycles. The van der Waals surface area contributed by atoms with Crippen molar-refractivity contribution in [3.8, 4) is 11.5 Å². The quantitative estimate of drug-likeness (QED) is 0.928. The Kier molecular flexibility index (Phi) is 2.57. The molecule has 0 radical (unpaired) electrons. The van der Waals surface area contributed by atoms with Crippen LogP contribution in [0.5, 0.6) is 11.5 Å². The summed E-state index contributed by atoms with van der Waals surface area (Å²) in [6.07, 6.45) is 4.45. The highest BCUT2D eigenvalue weighted by atomic mass is 16.5. The summed E-state index contributed by atoms with van der Waals surface area (Å²) in [4.78, 5) is 11.1. The Morgan fingerprint density at radius 3 is 2.29 bits per heavy atom. The summed E-state index contributed by atoms with van der Waals surface area (Å²) in [7, 11) is 0. The van der Waals surface area contributed by atoms with Gasteiger partial charge in [-0.3, -0.25) is 4.79 Å². The van der Waals surface area contributed by atoms with Crippen LogP contribution in [0.15, 0.2) is 12.1 Å². The number of carboxylic acids is 1. The van der Waals surface area contributed by atoms with Crippen molar-refractivity contribution in [3.05, 3.63) is 23.3 Å². The van der Waals surface area contributed by atoms with Gasteiger partial charge in [-0.05, 0) is 55.9 Å². The molecule has 2 saturated carbocycles. The fraction of sp³-hybridized carbons (Fsp3) is 0.588. The molecule has 0 atom stereocenters. The maximum atomic E-state index is 11.1. The van der Waals surface area contributed by atoms with Crippen LogP contribution in [0.4, 0.5) is 0 Å². The van der Waals surface area contributed by atoms with E-state index < -0.39 is 5.97 Å². The molecule has 1 N–H and O–H groups in total. The van der Waals surface area contributed by atoms with Crippen molar-refractivity contribution in [1.29, 1.82) is 0 Å². The molecule has 4 nitrogen and oxygen atoms in total. The van der Waals surface area contributed by atoms with Gasteiger partial charge in [-0.1, -0.05) is 0 Å². The summed E-state index contributed by atoms with van der Waals surface area (Å²) in [6, 6.07) is 4.05. The van der Waals surface area contributed by atoms with Crippen molar-refractivity contribution >= 4 is 5.97 Å². The van der Waals surface area contributed by atoms with Crippen LogP contribution in [0.3, 0.4) is 0 Å². The van der Waals surface area contributed by atoms with Gasteiger partial charge in [-0.15, -0.1) is 0 Å². The second-order valence-electron chi connectivity index (χ2n) is 7.04. The predicted molar refractivity (Wildman–Crippen MR) is 77.0 cm³/mol. The van der Waals surface area contributed by atoms with E-state index in [9.17, 15) is 4.79 Å². The average molecular weight is 288 g/mol. The van der Waals surface area contributed by atoms with Crippen LogP contribution in [-0.2, 0) is 10.2 Å². The molecule has 3 aliphatic rings. The topological polar surface area (TPSA) is 55.8 Å². The van der Waals surface area contributed by atoms with Gasteiger partial charge in [0.05, 0.1) is 19.6 Å². The van der Waals surface area contributed by atoms with Crippen molar-refractivity contribution in [2.45, 2.75) is 44.4 Å². The molecule has 0 amide bonds. The molecule has 1 heterocycles. The predicted octanol–water partition coefficient (Wildman–Crippen LogP) is 3.05. The largest absolute Gasteiger partial charge is 0.489 e. The van der Waals surface area contributed by atoms with Crippen LogP contribution in [0.25, 0.3) is 0 Å². The Labute approximate surface area is 124 Å².